The Bertz CT molecular complexity index is 315. The Morgan fingerprint density at radius 1 is 0.500 bits per heavy atom. The Hall–Kier alpha value is -1.32. The van der Waals surface area contributed by atoms with Gasteiger partial charge in [-0.3, -0.25) is 20.0 Å². The van der Waals surface area contributed by atoms with Gasteiger partial charge in [0, 0.05) is 26.2 Å². The fraction of sp³-hybridized carbons (Fsp3) is 0.714. The summed E-state index contributed by atoms with van der Waals surface area (Å²) >= 11 is 0. The van der Waals surface area contributed by atoms with Crippen molar-refractivity contribution in [3.63, 3.8) is 0 Å². The number of hydrogen-bond acceptors (Lipinski definition) is 4. The van der Waals surface area contributed by atoms with Gasteiger partial charge in [-0.05, 0) is 40.5 Å². The van der Waals surface area contributed by atoms with Gasteiger partial charge < -0.3 is 0 Å². The molecule has 1 aliphatic rings. The van der Waals surface area contributed by atoms with Crippen molar-refractivity contribution >= 4 is 22.8 Å². The molecule has 0 N–H and O–H groups in total. The molecule has 100 valence electrons. The average Bonchev–Trinajstić information content (AvgIpc) is 2.35. The maximum absolute atomic E-state index is 4.52. The summed E-state index contributed by atoms with van der Waals surface area (Å²) in [6, 6.07) is 0. The Kier molecular flexibility index (Phi) is 6.47. The Labute approximate surface area is 110 Å². The minimum absolute atomic E-state index is 0.825. The fourth-order valence-corrected chi connectivity index (χ4v) is 1.59. The van der Waals surface area contributed by atoms with Gasteiger partial charge in [-0.2, -0.15) is 0 Å². The van der Waals surface area contributed by atoms with Crippen molar-refractivity contribution in [2.45, 2.75) is 40.5 Å². The van der Waals surface area contributed by atoms with E-state index in [1.165, 1.54) is 0 Å². The normalized spacial score (nSPS) is 31.8. The lowest BCUT2D eigenvalue weighted by atomic mass is 10.2. The lowest BCUT2D eigenvalue weighted by Crippen LogP contribution is -2.11. The standard InChI is InChI=1S/C14H24N4/c1-11-12(2)16-8-6-10-18-14(4)13(3)17-9-5-7-15-11/h5-10H2,1-4H3/b15-11-,16-12+,17-13+,18-14-. The van der Waals surface area contributed by atoms with Crippen LogP contribution in [0.1, 0.15) is 40.5 Å². The first kappa shape index (κ1) is 14.7. The molecule has 1 aliphatic heterocycles. The van der Waals surface area contributed by atoms with E-state index in [4.69, 9.17) is 0 Å². The van der Waals surface area contributed by atoms with Gasteiger partial charge in [0.15, 0.2) is 0 Å². The molecule has 0 aromatic heterocycles. The van der Waals surface area contributed by atoms with E-state index in [0.717, 1.165) is 61.9 Å². The zero-order valence-corrected chi connectivity index (χ0v) is 12.0. The summed E-state index contributed by atoms with van der Waals surface area (Å²) in [5.41, 5.74) is 4.19. The molecule has 0 radical (unpaired) electrons. The summed E-state index contributed by atoms with van der Waals surface area (Å²) in [5, 5.41) is 0. The van der Waals surface area contributed by atoms with Crippen molar-refractivity contribution in [2.24, 2.45) is 20.0 Å². The van der Waals surface area contributed by atoms with Crippen molar-refractivity contribution in [1.82, 2.24) is 0 Å². The van der Waals surface area contributed by atoms with Crippen molar-refractivity contribution in [2.75, 3.05) is 26.2 Å². The summed E-state index contributed by atoms with van der Waals surface area (Å²) in [6.07, 6.45) is 1.96. The lowest BCUT2D eigenvalue weighted by Gasteiger charge is -2.04. The van der Waals surface area contributed by atoms with Crippen molar-refractivity contribution in [1.29, 1.82) is 0 Å². The maximum Gasteiger partial charge on any atom is 0.0524 e. The van der Waals surface area contributed by atoms with E-state index in [1.54, 1.807) is 0 Å². The van der Waals surface area contributed by atoms with Gasteiger partial charge >= 0.3 is 0 Å². The van der Waals surface area contributed by atoms with Crippen LogP contribution in [0.5, 0.6) is 0 Å². The second-order valence-corrected chi connectivity index (χ2v) is 4.58. The van der Waals surface area contributed by atoms with Crippen LogP contribution in [-0.4, -0.2) is 49.0 Å². The quantitative estimate of drug-likeness (QED) is 0.633. The van der Waals surface area contributed by atoms with Crippen LogP contribution in [0.2, 0.25) is 0 Å². The molecular formula is C14H24N4. The van der Waals surface area contributed by atoms with Gasteiger partial charge in [0.1, 0.15) is 0 Å². The number of hydrogen-bond donors (Lipinski definition) is 0. The predicted octanol–water partition coefficient (Wildman–Crippen LogP) is 2.62. The van der Waals surface area contributed by atoms with E-state index in [2.05, 4.69) is 20.0 Å². The van der Waals surface area contributed by atoms with Crippen LogP contribution in [0.4, 0.5) is 0 Å². The molecule has 0 aromatic rings. The minimum Gasteiger partial charge on any atom is -0.288 e. The number of nitrogens with zero attached hydrogens (tertiary/aromatic N) is 4. The number of aliphatic imine (C=N–C) groups is 4. The summed E-state index contributed by atoms with van der Waals surface area (Å²) in [4.78, 5) is 18.1. The van der Waals surface area contributed by atoms with E-state index >= 15 is 0 Å². The Morgan fingerprint density at radius 2 is 0.722 bits per heavy atom. The van der Waals surface area contributed by atoms with Crippen molar-refractivity contribution in [3.8, 4) is 0 Å². The van der Waals surface area contributed by atoms with Gasteiger partial charge in [0.2, 0.25) is 0 Å². The zero-order chi connectivity index (χ0) is 13.4. The third-order valence-electron chi connectivity index (χ3n) is 3.08. The van der Waals surface area contributed by atoms with E-state index in [1.807, 2.05) is 27.7 Å². The minimum atomic E-state index is 0.825. The topological polar surface area (TPSA) is 49.4 Å². The summed E-state index contributed by atoms with van der Waals surface area (Å²) in [5.74, 6) is 0. The summed E-state index contributed by atoms with van der Waals surface area (Å²) in [7, 11) is 0. The van der Waals surface area contributed by atoms with Gasteiger partial charge in [-0.15, -0.1) is 0 Å². The molecule has 0 atom stereocenters. The van der Waals surface area contributed by atoms with Gasteiger partial charge in [-0.25, -0.2) is 0 Å². The first-order chi connectivity index (χ1) is 8.61. The molecule has 4 nitrogen and oxygen atoms in total. The van der Waals surface area contributed by atoms with Crippen molar-refractivity contribution < 1.29 is 0 Å². The van der Waals surface area contributed by atoms with Crippen LogP contribution in [0.15, 0.2) is 20.0 Å². The third kappa shape index (κ3) is 5.34. The SMILES string of the molecule is CC1=N/CCC/N=C(C)/C(C)=N\CCC\N=C\1C. The van der Waals surface area contributed by atoms with Gasteiger partial charge in [-0.1, -0.05) is 0 Å². The predicted molar refractivity (Wildman–Crippen MR) is 81.1 cm³/mol. The van der Waals surface area contributed by atoms with Crippen LogP contribution >= 0.6 is 0 Å². The van der Waals surface area contributed by atoms with Gasteiger partial charge in [0.25, 0.3) is 0 Å². The van der Waals surface area contributed by atoms with Crippen LogP contribution in [0.25, 0.3) is 0 Å². The monoisotopic (exact) mass is 248 g/mol. The molecule has 0 fully saturated rings. The molecule has 1 heterocycles. The molecule has 1 rings (SSSR count). The molecule has 0 unspecified atom stereocenters. The van der Waals surface area contributed by atoms with Gasteiger partial charge in [0.05, 0.1) is 22.8 Å². The van der Waals surface area contributed by atoms with E-state index in [-0.39, 0.29) is 0 Å². The summed E-state index contributed by atoms with van der Waals surface area (Å²) in [6.45, 7) is 11.4. The maximum atomic E-state index is 4.52. The molecule has 18 heavy (non-hydrogen) atoms. The molecule has 0 aliphatic carbocycles. The summed E-state index contributed by atoms with van der Waals surface area (Å²) < 4.78 is 0. The third-order valence-corrected chi connectivity index (χ3v) is 3.08. The molecule has 0 saturated heterocycles. The molecule has 0 saturated carbocycles. The highest BCUT2D eigenvalue weighted by Crippen LogP contribution is 1.95. The second kappa shape index (κ2) is 7.90. The van der Waals surface area contributed by atoms with E-state index in [9.17, 15) is 0 Å². The zero-order valence-electron chi connectivity index (χ0n) is 12.0. The number of rotatable bonds is 0. The second-order valence-electron chi connectivity index (χ2n) is 4.58. The molecule has 0 bridgehead atoms. The van der Waals surface area contributed by atoms with Crippen LogP contribution in [0, 0.1) is 0 Å². The molecular weight excluding hydrogens is 224 g/mol. The highest BCUT2D eigenvalue weighted by Gasteiger charge is 1.99. The van der Waals surface area contributed by atoms with Crippen LogP contribution in [0.3, 0.4) is 0 Å². The molecule has 0 aromatic carbocycles. The highest BCUT2D eigenvalue weighted by atomic mass is 14.8. The molecule has 0 amide bonds. The van der Waals surface area contributed by atoms with E-state index in [0.29, 0.717) is 0 Å². The average molecular weight is 248 g/mol. The Balaban J connectivity index is 2.72. The van der Waals surface area contributed by atoms with E-state index < -0.39 is 0 Å². The fourth-order valence-electron chi connectivity index (χ4n) is 1.59. The van der Waals surface area contributed by atoms with Crippen molar-refractivity contribution in [3.05, 3.63) is 0 Å². The lowest BCUT2D eigenvalue weighted by molar-refractivity contribution is 0.838. The first-order valence-electron chi connectivity index (χ1n) is 6.66. The Morgan fingerprint density at radius 3 is 0.944 bits per heavy atom. The molecule has 4 heteroatoms. The van der Waals surface area contributed by atoms with Crippen LogP contribution < -0.4 is 0 Å². The highest BCUT2D eigenvalue weighted by molar-refractivity contribution is 6.41. The largest absolute Gasteiger partial charge is 0.288 e. The first-order valence-corrected chi connectivity index (χ1v) is 6.66. The van der Waals surface area contributed by atoms with Crippen LogP contribution in [-0.2, 0) is 0 Å². The smallest absolute Gasteiger partial charge is 0.0524 e. The molecule has 0 spiro atoms.